The number of hydrogen-bond donors (Lipinski definition) is 2. The van der Waals surface area contributed by atoms with Crippen LogP contribution >= 0.6 is 0 Å². The van der Waals surface area contributed by atoms with E-state index in [1.54, 1.807) is 24.3 Å². The van der Waals surface area contributed by atoms with E-state index in [0.717, 1.165) is 31.4 Å². The molecule has 0 radical (unpaired) electrons. The Hall–Kier alpha value is -2.06. The first-order valence-electron chi connectivity index (χ1n) is 7.74. The summed E-state index contributed by atoms with van der Waals surface area (Å²) in [6.07, 6.45) is 4.17. The maximum absolute atomic E-state index is 11.7. The van der Waals surface area contributed by atoms with Crippen LogP contribution in [0.2, 0.25) is 0 Å². The number of hydrogen-bond acceptors (Lipinski definition) is 4. The fraction of sp³-hybridized carbons (Fsp3) is 0.529. The Kier molecular flexibility index (Phi) is 5.40. The molecule has 5 nitrogen and oxygen atoms in total. The van der Waals surface area contributed by atoms with Crippen molar-refractivity contribution in [2.45, 2.75) is 38.1 Å². The van der Waals surface area contributed by atoms with Gasteiger partial charge < -0.3 is 15.8 Å². The number of rotatable bonds is 6. The van der Waals surface area contributed by atoms with Crippen LogP contribution in [-0.2, 0) is 4.79 Å². The molecule has 1 aliphatic rings. The summed E-state index contributed by atoms with van der Waals surface area (Å²) in [5.74, 6) is 0.831. The van der Waals surface area contributed by atoms with E-state index < -0.39 is 0 Å². The van der Waals surface area contributed by atoms with Gasteiger partial charge in [0.15, 0.2) is 0 Å². The number of carbonyl (C=O) groups excluding carboxylic acids is 1. The Bertz CT molecular complexity index is 542. The molecule has 0 saturated heterocycles. The van der Waals surface area contributed by atoms with Crippen LogP contribution in [0.5, 0.6) is 5.75 Å². The van der Waals surface area contributed by atoms with Gasteiger partial charge in [-0.2, -0.15) is 5.26 Å². The van der Waals surface area contributed by atoms with Crippen molar-refractivity contribution in [3.8, 4) is 11.8 Å². The van der Waals surface area contributed by atoms with Crippen molar-refractivity contribution in [1.29, 1.82) is 5.26 Å². The lowest BCUT2D eigenvalue weighted by molar-refractivity contribution is -0.122. The van der Waals surface area contributed by atoms with Crippen LogP contribution in [0, 0.1) is 17.2 Å². The minimum Gasteiger partial charge on any atom is -0.493 e. The third-order valence-corrected chi connectivity index (χ3v) is 4.50. The summed E-state index contributed by atoms with van der Waals surface area (Å²) in [6, 6.07) is 9.15. The Balaban J connectivity index is 1.97. The second-order valence-corrected chi connectivity index (χ2v) is 5.96. The van der Waals surface area contributed by atoms with Gasteiger partial charge in [0.2, 0.25) is 5.91 Å². The zero-order chi connectivity index (χ0) is 16.0. The highest BCUT2D eigenvalue weighted by atomic mass is 16.5. The Labute approximate surface area is 131 Å². The summed E-state index contributed by atoms with van der Waals surface area (Å²) in [5, 5.41) is 11.9. The van der Waals surface area contributed by atoms with Gasteiger partial charge in [-0.25, -0.2) is 0 Å². The van der Waals surface area contributed by atoms with Crippen molar-refractivity contribution in [3.05, 3.63) is 29.8 Å². The summed E-state index contributed by atoms with van der Waals surface area (Å²) in [6.45, 7) is 2.65. The molecule has 2 rings (SSSR count). The lowest BCUT2D eigenvalue weighted by atomic mass is 9.83. The summed E-state index contributed by atoms with van der Waals surface area (Å²) >= 11 is 0. The number of ether oxygens (including phenoxy) is 1. The van der Waals surface area contributed by atoms with Crippen molar-refractivity contribution in [2.75, 3.05) is 13.2 Å². The SMILES string of the molecule is CC(COc1ccc(C#N)cc1)C1(NC(=O)CN)CCCC1. The molecule has 0 aromatic heterocycles. The molecule has 22 heavy (non-hydrogen) atoms. The van der Waals surface area contributed by atoms with Crippen LogP contribution in [0.3, 0.4) is 0 Å². The first-order chi connectivity index (χ1) is 10.6. The van der Waals surface area contributed by atoms with E-state index >= 15 is 0 Å². The predicted octanol–water partition coefficient (Wildman–Crippen LogP) is 1.96. The molecule has 1 aromatic carbocycles. The zero-order valence-corrected chi connectivity index (χ0v) is 13.0. The molecule has 1 saturated carbocycles. The van der Waals surface area contributed by atoms with E-state index in [1.807, 2.05) is 0 Å². The van der Waals surface area contributed by atoms with E-state index in [2.05, 4.69) is 18.3 Å². The normalized spacial score (nSPS) is 17.5. The van der Waals surface area contributed by atoms with E-state index in [4.69, 9.17) is 15.7 Å². The van der Waals surface area contributed by atoms with E-state index in [-0.39, 0.29) is 23.9 Å². The summed E-state index contributed by atoms with van der Waals surface area (Å²) in [7, 11) is 0. The van der Waals surface area contributed by atoms with Crippen molar-refractivity contribution in [2.24, 2.45) is 11.7 Å². The average molecular weight is 301 g/mol. The van der Waals surface area contributed by atoms with Gasteiger partial charge in [-0.1, -0.05) is 19.8 Å². The topological polar surface area (TPSA) is 88.1 Å². The zero-order valence-electron chi connectivity index (χ0n) is 13.0. The van der Waals surface area contributed by atoms with Gasteiger partial charge in [-0.05, 0) is 37.1 Å². The van der Waals surface area contributed by atoms with Gasteiger partial charge in [0.05, 0.1) is 24.8 Å². The Morgan fingerprint density at radius 2 is 2.05 bits per heavy atom. The monoisotopic (exact) mass is 301 g/mol. The molecule has 0 heterocycles. The van der Waals surface area contributed by atoms with Gasteiger partial charge in [-0.3, -0.25) is 4.79 Å². The number of nitrogens with zero attached hydrogens (tertiary/aromatic N) is 1. The molecule has 5 heteroatoms. The second-order valence-electron chi connectivity index (χ2n) is 5.96. The number of nitrogens with one attached hydrogen (secondary N) is 1. The number of nitriles is 1. The number of nitrogens with two attached hydrogens (primary N) is 1. The quantitative estimate of drug-likeness (QED) is 0.840. The highest BCUT2D eigenvalue weighted by Gasteiger charge is 2.40. The Morgan fingerprint density at radius 1 is 1.41 bits per heavy atom. The van der Waals surface area contributed by atoms with Crippen LogP contribution in [0.1, 0.15) is 38.2 Å². The van der Waals surface area contributed by atoms with E-state index in [1.165, 1.54) is 0 Å². The lowest BCUT2D eigenvalue weighted by Crippen LogP contribution is -2.54. The molecule has 1 unspecified atom stereocenters. The van der Waals surface area contributed by atoms with Crippen LogP contribution in [-0.4, -0.2) is 24.6 Å². The molecule has 0 aliphatic heterocycles. The lowest BCUT2D eigenvalue weighted by Gasteiger charge is -2.36. The maximum Gasteiger partial charge on any atom is 0.234 e. The molecule has 1 aromatic rings. The molecule has 118 valence electrons. The first-order valence-corrected chi connectivity index (χ1v) is 7.74. The van der Waals surface area contributed by atoms with Crippen LogP contribution in [0.15, 0.2) is 24.3 Å². The molecule has 1 fully saturated rings. The average Bonchev–Trinajstić information content (AvgIpc) is 3.02. The smallest absolute Gasteiger partial charge is 0.234 e. The van der Waals surface area contributed by atoms with Gasteiger partial charge in [0.25, 0.3) is 0 Å². The van der Waals surface area contributed by atoms with Gasteiger partial charge in [-0.15, -0.1) is 0 Å². The van der Waals surface area contributed by atoms with Crippen molar-refractivity contribution in [1.82, 2.24) is 5.32 Å². The fourth-order valence-electron chi connectivity index (χ4n) is 3.08. The van der Waals surface area contributed by atoms with Crippen molar-refractivity contribution < 1.29 is 9.53 Å². The number of benzene rings is 1. The molecular formula is C17H23N3O2. The fourth-order valence-corrected chi connectivity index (χ4v) is 3.08. The molecule has 0 bridgehead atoms. The largest absolute Gasteiger partial charge is 0.493 e. The minimum absolute atomic E-state index is 0.0188. The van der Waals surface area contributed by atoms with Crippen molar-refractivity contribution >= 4 is 5.91 Å². The van der Waals surface area contributed by atoms with E-state index in [9.17, 15) is 4.79 Å². The van der Waals surface area contributed by atoms with Crippen LogP contribution in [0.25, 0.3) is 0 Å². The predicted molar refractivity (Wildman–Crippen MR) is 84.2 cm³/mol. The highest BCUT2D eigenvalue weighted by Crippen LogP contribution is 2.36. The van der Waals surface area contributed by atoms with Crippen LogP contribution < -0.4 is 15.8 Å². The molecule has 1 aliphatic carbocycles. The highest BCUT2D eigenvalue weighted by molar-refractivity contribution is 5.78. The standard InChI is InChI=1S/C17H23N3O2/c1-13(12-22-15-6-4-14(10-18)5-7-15)17(8-2-3-9-17)20-16(21)11-19/h4-7,13H,2-3,8-9,11-12,19H2,1H3,(H,20,21). The second kappa shape index (κ2) is 7.28. The minimum atomic E-state index is -0.205. The first kappa shape index (κ1) is 16.3. The summed E-state index contributed by atoms with van der Waals surface area (Å²) in [4.78, 5) is 11.7. The van der Waals surface area contributed by atoms with Gasteiger partial charge in [0, 0.05) is 11.5 Å². The van der Waals surface area contributed by atoms with Gasteiger partial charge in [0.1, 0.15) is 5.75 Å². The number of amides is 1. The summed E-state index contributed by atoms with van der Waals surface area (Å²) in [5.41, 5.74) is 5.84. The van der Waals surface area contributed by atoms with E-state index in [0.29, 0.717) is 12.2 Å². The maximum atomic E-state index is 11.7. The van der Waals surface area contributed by atoms with Crippen molar-refractivity contribution in [3.63, 3.8) is 0 Å². The molecule has 1 amide bonds. The molecule has 0 spiro atoms. The van der Waals surface area contributed by atoms with Crippen LogP contribution in [0.4, 0.5) is 0 Å². The molecular weight excluding hydrogens is 278 g/mol. The molecule has 1 atom stereocenters. The third-order valence-electron chi connectivity index (χ3n) is 4.50. The molecule has 3 N–H and O–H groups in total. The Morgan fingerprint density at radius 3 is 2.59 bits per heavy atom. The van der Waals surface area contributed by atoms with Gasteiger partial charge >= 0.3 is 0 Å². The third kappa shape index (κ3) is 3.77. The number of carbonyl (C=O) groups is 1. The summed E-state index contributed by atoms with van der Waals surface area (Å²) < 4.78 is 5.83.